The maximum atomic E-state index is 12.6. The monoisotopic (exact) mass is 351 g/mol. The lowest BCUT2D eigenvalue weighted by Gasteiger charge is -2.31. The fourth-order valence-corrected chi connectivity index (χ4v) is 2.87. The summed E-state index contributed by atoms with van der Waals surface area (Å²) in [5.41, 5.74) is 0.435. The maximum Gasteiger partial charge on any atom is 0.316 e. The third-order valence-corrected chi connectivity index (χ3v) is 4.27. The summed E-state index contributed by atoms with van der Waals surface area (Å²) in [4.78, 5) is 22.4. The van der Waals surface area contributed by atoms with Gasteiger partial charge < -0.3 is 9.64 Å². The Morgan fingerprint density at radius 2 is 1.87 bits per heavy atom. The Bertz CT molecular complexity index is 689. The van der Waals surface area contributed by atoms with Gasteiger partial charge in [0.1, 0.15) is 6.10 Å². The second-order valence-electron chi connectivity index (χ2n) is 5.26. The van der Waals surface area contributed by atoms with Gasteiger partial charge >= 0.3 is 6.01 Å². The molecule has 1 aromatic heterocycles. The zero-order chi connectivity index (χ0) is 16.2. The van der Waals surface area contributed by atoms with Crippen molar-refractivity contribution in [1.29, 1.82) is 0 Å². The van der Waals surface area contributed by atoms with Gasteiger partial charge in [0.05, 0.1) is 10.6 Å². The van der Waals surface area contributed by atoms with E-state index in [4.69, 9.17) is 27.9 Å². The van der Waals surface area contributed by atoms with E-state index in [1.165, 1.54) is 0 Å². The zero-order valence-electron chi connectivity index (χ0n) is 12.3. The predicted molar refractivity (Wildman–Crippen MR) is 88.0 cm³/mol. The first kappa shape index (κ1) is 16.0. The average Bonchev–Trinajstić information content (AvgIpc) is 2.58. The minimum atomic E-state index is -0.105. The number of benzene rings is 1. The van der Waals surface area contributed by atoms with E-state index in [0.717, 1.165) is 12.8 Å². The molecule has 1 fully saturated rings. The van der Waals surface area contributed by atoms with Gasteiger partial charge in [-0.1, -0.05) is 23.2 Å². The van der Waals surface area contributed by atoms with Crippen LogP contribution in [-0.2, 0) is 0 Å². The Labute approximate surface area is 144 Å². The average molecular weight is 352 g/mol. The van der Waals surface area contributed by atoms with E-state index < -0.39 is 0 Å². The normalized spacial score (nSPS) is 15.5. The summed E-state index contributed by atoms with van der Waals surface area (Å²) < 4.78 is 5.72. The van der Waals surface area contributed by atoms with Gasteiger partial charge in [-0.05, 0) is 24.3 Å². The van der Waals surface area contributed by atoms with Crippen LogP contribution < -0.4 is 4.74 Å². The number of hydrogen-bond donors (Lipinski definition) is 0. The number of halogens is 2. The molecule has 0 N–H and O–H groups in total. The van der Waals surface area contributed by atoms with Crippen molar-refractivity contribution in [3.8, 4) is 6.01 Å². The van der Waals surface area contributed by atoms with Crippen LogP contribution in [0, 0.1) is 0 Å². The topological polar surface area (TPSA) is 55.3 Å². The molecular formula is C16H15Cl2N3O2. The molecule has 0 unspecified atom stereocenters. The van der Waals surface area contributed by atoms with Gasteiger partial charge in [-0.25, -0.2) is 9.97 Å². The molecule has 0 spiro atoms. The van der Waals surface area contributed by atoms with E-state index in [2.05, 4.69) is 9.97 Å². The first-order valence-corrected chi connectivity index (χ1v) is 8.07. The van der Waals surface area contributed by atoms with Gasteiger partial charge in [0.25, 0.3) is 5.91 Å². The number of carbonyl (C=O) groups excluding carboxylic acids is 1. The van der Waals surface area contributed by atoms with Crippen molar-refractivity contribution in [3.05, 3.63) is 52.3 Å². The van der Waals surface area contributed by atoms with E-state index in [0.29, 0.717) is 34.7 Å². The molecule has 5 nitrogen and oxygen atoms in total. The lowest BCUT2D eigenvalue weighted by atomic mass is 10.1. The van der Waals surface area contributed by atoms with Crippen LogP contribution in [0.1, 0.15) is 23.2 Å². The summed E-state index contributed by atoms with van der Waals surface area (Å²) in [6.45, 7) is 1.19. The van der Waals surface area contributed by atoms with Crippen LogP contribution in [0.15, 0.2) is 36.7 Å². The number of likely N-dealkylation sites (tertiary alicyclic amines) is 1. The number of ether oxygens (including phenoxy) is 1. The number of carbonyl (C=O) groups is 1. The van der Waals surface area contributed by atoms with Gasteiger partial charge in [-0.2, -0.15) is 0 Å². The molecule has 2 aromatic rings. The van der Waals surface area contributed by atoms with Crippen molar-refractivity contribution in [1.82, 2.24) is 14.9 Å². The smallest absolute Gasteiger partial charge is 0.316 e. The number of piperidine rings is 1. The third kappa shape index (κ3) is 3.92. The summed E-state index contributed by atoms with van der Waals surface area (Å²) in [6, 6.07) is 7.02. The lowest BCUT2D eigenvalue weighted by molar-refractivity contribution is 0.0579. The second-order valence-corrected chi connectivity index (χ2v) is 6.11. The number of rotatable bonds is 3. The minimum Gasteiger partial charge on any atom is -0.460 e. The van der Waals surface area contributed by atoms with Crippen LogP contribution >= 0.6 is 23.2 Å². The molecule has 3 rings (SSSR count). The third-order valence-electron chi connectivity index (χ3n) is 3.70. The molecule has 0 atom stereocenters. The molecule has 7 heteroatoms. The molecule has 1 aliphatic heterocycles. The molecule has 1 amide bonds. The summed E-state index contributed by atoms with van der Waals surface area (Å²) in [5, 5.41) is 0.910. The lowest BCUT2D eigenvalue weighted by Crippen LogP contribution is -2.42. The van der Waals surface area contributed by atoms with Crippen molar-refractivity contribution >= 4 is 29.1 Å². The Hall–Kier alpha value is -1.85. The minimum absolute atomic E-state index is 0.0104. The summed E-state index contributed by atoms with van der Waals surface area (Å²) in [6.07, 6.45) is 4.74. The van der Waals surface area contributed by atoms with Gasteiger partial charge in [-0.3, -0.25) is 4.79 Å². The number of nitrogens with zero attached hydrogens (tertiary/aromatic N) is 3. The van der Waals surface area contributed by atoms with E-state index >= 15 is 0 Å². The predicted octanol–water partition coefficient (Wildman–Crippen LogP) is 3.47. The van der Waals surface area contributed by atoms with Crippen molar-refractivity contribution < 1.29 is 9.53 Å². The quantitative estimate of drug-likeness (QED) is 0.849. The molecule has 120 valence electrons. The van der Waals surface area contributed by atoms with Gasteiger partial charge in [0, 0.05) is 43.3 Å². The number of hydrogen-bond acceptors (Lipinski definition) is 4. The van der Waals surface area contributed by atoms with Crippen LogP contribution in [-0.4, -0.2) is 40.0 Å². The van der Waals surface area contributed by atoms with E-state index in [1.807, 2.05) is 0 Å². The zero-order valence-corrected chi connectivity index (χ0v) is 13.8. The molecule has 0 radical (unpaired) electrons. The van der Waals surface area contributed by atoms with Crippen LogP contribution in [0.3, 0.4) is 0 Å². The summed E-state index contributed by atoms with van der Waals surface area (Å²) >= 11 is 12.0. The van der Waals surface area contributed by atoms with Crippen LogP contribution in [0.25, 0.3) is 0 Å². The highest BCUT2D eigenvalue weighted by Crippen LogP contribution is 2.24. The maximum absolute atomic E-state index is 12.6. The second kappa shape index (κ2) is 7.15. The molecule has 1 saturated heterocycles. The van der Waals surface area contributed by atoms with Gasteiger partial charge in [0.2, 0.25) is 0 Å². The molecule has 1 aromatic carbocycles. The fraction of sp³-hybridized carbons (Fsp3) is 0.312. The highest BCUT2D eigenvalue weighted by Gasteiger charge is 2.26. The van der Waals surface area contributed by atoms with Gasteiger partial charge in [-0.15, -0.1) is 0 Å². The molecule has 0 bridgehead atoms. The standard InChI is InChI=1S/C16H15Cl2N3O2/c17-11-2-3-14(18)13(10-11)15(22)21-8-4-12(5-9-21)23-16-19-6-1-7-20-16/h1-3,6-7,10,12H,4-5,8-9H2. The van der Waals surface area contributed by atoms with Crippen molar-refractivity contribution in [3.63, 3.8) is 0 Å². The molecule has 1 aliphatic rings. The van der Waals surface area contributed by atoms with Crippen LogP contribution in [0.2, 0.25) is 10.0 Å². The summed E-state index contributed by atoms with van der Waals surface area (Å²) in [5.74, 6) is -0.105. The van der Waals surface area contributed by atoms with Crippen molar-refractivity contribution in [2.75, 3.05) is 13.1 Å². The fourth-order valence-electron chi connectivity index (χ4n) is 2.50. The molecular weight excluding hydrogens is 337 g/mol. The largest absolute Gasteiger partial charge is 0.460 e. The molecule has 2 heterocycles. The Morgan fingerprint density at radius 1 is 1.17 bits per heavy atom. The van der Waals surface area contributed by atoms with Crippen molar-refractivity contribution in [2.24, 2.45) is 0 Å². The van der Waals surface area contributed by atoms with Crippen LogP contribution in [0.5, 0.6) is 6.01 Å². The number of amides is 1. The highest BCUT2D eigenvalue weighted by atomic mass is 35.5. The van der Waals surface area contributed by atoms with E-state index in [-0.39, 0.29) is 12.0 Å². The van der Waals surface area contributed by atoms with Crippen LogP contribution in [0.4, 0.5) is 0 Å². The van der Waals surface area contributed by atoms with Crippen molar-refractivity contribution in [2.45, 2.75) is 18.9 Å². The number of aromatic nitrogens is 2. The first-order valence-electron chi connectivity index (χ1n) is 7.31. The Morgan fingerprint density at radius 3 is 2.57 bits per heavy atom. The molecule has 0 saturated carbocycles. The Balaban J connectivity index is 1.60. The van der Waals surface area contributed by atoms with E-state index in [1.54, 1.807) is 41.6 Å². The highest BCUT2D eigenvalue weighted by molar-refractivity contribution is 6.35. The Kier molecular flexibility index (Phi) is 4.98. The van der Waals surface area contributed by atoms with Gasteiger partial charge in [0.15, 0.2) is 0 Å². The van der Waals surface area contributed by atoms with E-state index in [9.17, 15) is 4.79 Å². The molecule has 0 aliphatic carbocycles. The summed E-state index contributed by atoms with van der Waals surface area (Å²) in [7, 11) is 0. The SMILES string of the molecule is O=C(c1cc(Cl)ccc1Cl)N1CCC(Oc2ncccn2)CC1. The molecule has 23 heavy (non-hydrogen) atoms. The first-order chi connectivity index (χ1) is 11.1.